The van der Waals surface area contributed by atoms with Gasteiger partial charge in [0.1, 0.15) is 5.52 Å². The molecule has 2 atom stereocenters. The van der Waals surface area contributed by atoms with Crippen LogP contribution in [0.2, 0.25) is 0 Å². The first kappa shape index (κ1) is 20.5. The van der Waals surface area contributed by atoms with Crippen LogP contribution in [0.25, 0.3) is 10.2 Å². The average molecular weight is 438 g/mol. The number of nitrogens with one attached hydrogen (secondary N) is 1. The van der Waals surface area contributed by atoms with Crippen LogP contribution in [0.3, 0.4) is 0 Å². The van der Waals surface area contributed by atoms with E-state index in [1.165, 1.54) is 38.4 Å². The second-order valence-corrected chi connectivity index (χ2v) is 10.9. The Hall–Kier alpha value is -2.44. The van der Waals surface area contributed by atoms with E-state index in [4.69, 9.17) is 4.74 Å². The highest BCUT2D eigenvalue weighted by atomic mass is 32.2. The fourth-order valence-electron chi connectivity index (χ4n) is 5.56. The first-order chi connectivity index (χ1) is 15.1. The minimum Gasteiger partial charge on any atom is -0.465 e. The van der Waals surface area contributed by atoms with Crippen molar-refractivity contribution >= 4 is 26.7 Å². The minimum atomic E-state index is -0.809. The van der Waals surface area contributed by atoms with E-state index in [0.29, 0.717) is 11.8 Å². The van der Waals surface area contributed by atoms with E-state index in [9.17, 15) is 9.59 Å². The third-order valence-electron chi connectivity index (χ3n) is 7.29. The van der Waals surface area contributed by atoms with Crippen molar-refractivity contribution < 1.29 is 9.53 Å². The molecule has 2 aromatic carbocycles. The van der Waals surface area contributed by atoms with E-state index in [-0.39, 0.29) is 10.8 Å². The number of hydrogen-bond acceptors (Lipinski definition) is 4. The zero-order chi connectivity index (χ0) is 21.4. The Labute approximate surface area is 185 Å². The average Bonchev–Trinajstić information content (AvgIpc) is 3.33. The van der Waals surface area contributed by atoms with E-state index in [1.54, 1.807) is 5.56 Å². The Morgan fingerprint density at radius 3 is 2.68 bits per heavy atom. The number of para-hydroxylation sites is 1. The summed E-state index contributed by atoms with van der Waals surface area (Å²) in [5.41, 5.74) is 4.24. The molecule has 1 fully saturated rings. The van der Waals surface area contributed by atoms with Gasteiger partial charge in [0.2, 0.25) is 9.95 Å². The molecule has 0 bridgehead atoms. The highest BCUT2D eigenvalue weighted by Crippen LogP contribution is 2.46. The normalized spacial score (nSPS) is 19.5. The molecule has 1 saturated heterocycles. The molecule has 2 aliphatic rings. The molecule has 6 heteroatoms. The minimum absolute atomic E-state index is 0.0724. The van der Waals surface area contributed by atoms with Crippen molar-refractivity contribution in [2.24, 2.45) is 0 Å². The van der Waals surface area contributed by atoms with Gasteiger partial charge in [-0.2, -0.15) is 0 Å². The number of likely N-dealkylation sites (tertiary alicyclic amines) is 1. The fraction of sp³-hybridized carbons (Fsp3) is 0.440. The van der Waals surface area contributed by atoms with Crippen molar-refractivity contribution in [2.75, 3.05) is 26.7 Å². The van der Waals surface area contributed by atoms with Crippen LogP contribution in [0.4, 0.5) is 0 Å². The maximum atomic E-state index is 12.7. The number of aromatic amines is 1. The van der Waals surface area contributed by atoms with Crippen LogP contribution < -0.4 is 4.87 Å². The molecular weight excluding hydrogens is 408 g/mol. The van der Waals surface area contributed by atoms with Gasteiger partial charge < -0.3 is 9.64 Å². The number of thiazole rings is 1. The summed E-state index contributed by atoms with van der Waals surface area (Å²) in [6.45, 7) is 2.90. The summed E-state index contributed by atoms with van der Waals surface area (Å²) >= 11 is 0. The number of carbonyl (C=O) groups excluding carboxylic acids is 1. The molecule has 1 spiro atoms. The molecule has 1 N–H and O–H groups in total. The van der Waals surface area contributed by atoms with E-state index >= 15 is 0 Å². The fourth-order valence-corrected chi connectivity index (χ4v) is 7.76. The summed E-state index contributed by atoms with van der Waals surface area (Å²) in [5.74, 6) is -0.284. The number of methoxy groups -OCH3 is 1. The molecule has 5 rings (SSSR count). The number of benzene rings is 2. The number of nitrogens with zero attached hydrogens (tertiary/aromatic N) is 1. The third-order valence-corrected chi connectivity index (χ3v) is 9.62. The van der Waals surface area contributed by atoms with Crippen LogP contribution in [0.15, 0.2) is 53.3 Å². The third kappa shape index (κ3) is 3.62. The predicted molar refractivity (Wildman–Crippen MR) is 125 cm³/mol. The number of aryl methyl sites for hydroxylation is 1. The Morgan fingerprint density at radius 2 is 1.87 bits per heavy atom. The summed E-state index contributed by atoms with van der Waals surface area (Å²) in [6.07, 6.45) is 5.42. The summed E-state index contributed by atoms with van der Waals surface area (Å²) in [7, 11) is 0.609. The van der Waals surface area contributed by atoms with Crippen LogP contribution >= 0.6 is 10.5 Å². The lowest BCUT2D eigenvalue weighted by Crippen LogP contribution is -2.42. The summed E-state index contributed by atoms with van der Waals surface area (Å²) in [6, 6.07) is 16.6. The van der Waals surface area contributed by atoms with Gasteiger partial charge in [-0.05, 0) is 61.4 Å². The van der Waals surface area contributed by atoms with Crippen molar-refractivity contribution in [3.05, 3.63) is 69.3 Å². The van der Waals surface area contributed by atoms with Crippen molar-refractivity contribution in [1.82, 2.24) is 9.88 Å². The number of carbonyl (C=O) groups is 1. The second kappa shape index (κ2) is 8.24. The Kier molecular flexibility index (Phi) is 5.44. The SMILES string of the molecule is COC(=O)C(CCN1CCC2(CCc3ccccc32)CC1)[s+]1c(=O)[nH]c2ccccc21. The van der Waals surface area contributed by atoms with E-state index < -0.39 is 15.7 Å². The van der Waals surface area contributed by atoms with Gasteiger partial charge >= 0.3 is 10.8 Å². The highest BCUT2D eigenvalue weighted by Gasteiger charge is 2.42. The number of fused-ring (bicyclic) bond motifs is 3. The zero-order valence-electron chi connectivity index (χ0n) is 17.9. The van der Waals surface area contributed by atoms with Crippen molar-refractivity contribution in [3.8, 4) is 0 Å². The lowest BCUT2D eigenvalue weighted by Gasteiger charge is -2.40. The molecule has 5 nitrogen and oxygen atoms in total. The van der Waals surface area contributed by atoms with Gasteiger partial charge in [0.05, 0.1) is 17.6 Å². The van der Waals surface area contributed by atoms with Crippen molar-refractivity contribution in [3.63, 3.8) is 0 Å². The van der Waals surface area contributed by atoms with Gasteiger partial charge in [-0.25, -0.2) is 9.59 Å². The number of rotatable bonds is 5. The molecule has 0 saturated carbocycles. The lowest BCUT2D eigenvalue weighted by molar-refractivity contribution is -0.141. The smallest absolute Gasteiger partial charge is 0.456 e. The maximum absolute atomic E-state index is 12.7. The molecule has 1 aromatic heterocycles. The van der Waals surface area contributed by atoms with Gasteiger partial charge in [0.25, 0.3) is 0 Å². The van der Waals surface area contributed by atoms with Gasteiger partial charge in [-0.15, -0.1) is 0 Å². The van der Waals surface area contributed by atoms with Crippen molar-refractivity contribution in [2.45, 2.75) is 42.8 Å². The largest absolute Gasteiger partial charge is 0.465 e. The Morgan fingerprint density at radius 1 is 1.13 bits per heavy atom. The Bertz CT molecular complexity index is 1160. The second-order valence-electron chi connectivity index (χ2n) is 8.83. The number of hydrogen-bond donors (Lipinski definition) is 1. The van der Waals surface area contributed by atoms with E-state index in [0.717, 1.165) is 29.9 Å². The number of H-pyrrole nitrogens is 1. The van der Waals surface area contributed by atoms with Gasteiger partial charge in [-0.3, -0.25) is 4.98 Å². The van der Waals surface area contributed by atoms with Crippen LogP contribution in [-0.2, 0) is 21.4 Å². The molecule has 1 aliphatic heterocycles. The molecule has 2 unspecified atom stereocenters. The van der Waals surface area contributed by atoms with Crippen LogP contribution in [0.1, 0.15) is 42.1 Å². The van der Waals surface area contributed by atoms with Gasteiger partial charge in [0.15, 0.2) is 0 Å². The first-order valence-electron chi connectivity index (χ1n) is 11.1. The molecule has 3 aromatic rings. The topological polar surface area (TPSA) is 62.4 Å². The Balaban J connectivity index is 1.30. The molecule has 0 radical (unpaired) electrons. The molecule has 2 heterocycles. The predicted octanol–water partition coefficient (Wildman–Crippen LogP) is 4.36. The van der Waals surface area contributed by atoms with Crippen LogP contribution in [-0.4, -0.2) is 42.6 Å². The summed E-state index contributed by atoms with van der Waals surface area (Å²) in [4.78, 5) is 30.7. The van der Waals surface area contributed by atoms with Crippen LogP contribution in [0, 0.1) is 0 Å². The van der Waals surface area contributed by atoms with E-state index in [1.807, 2.05) is 24.3 Å². The molecule has 1 aliphatic carbocycles. The molecule has 162 valence electrons. The summed E-state index contributed by atoms with van der Waals surface area (Å²) < 4.78 is 6.05. The number of aromatic nitrogens is 1. The van der Waals surface area contributed by atoms with Crippen molar-refractivity contribution in [1.29, 1.82) is 0 Å². The number of ether oxygens (including phenoxy) is 1. The lowest BCUT2D eigenvalue weighted by atomic mass is 9.74. The first-order valence-corrected chi connectivity index (χ1v) is 12.4. The standard InChI is InChI=1S/C25H28N2O3S/c1-30-23(28)22(31-21-9-5-4-8-20(21)26-24(31)29)11-15-27-16-13-25(14-17-27)12-10-18-6-2-3-7-19(18)25/h2-9,22H,10-17H2,1H3/p+1. The zero-order valence-corrected chi connectivity index (χ0v) is 18.7. The van der Waals surface area contributed by atoms with Gasteiger partial charge in [0, 0.05) is 19.0 Å². The summed E-state index contributed by atoms with van der Waals surface area (Å²) in [5, 5.41) is -0.434. The van der Waals surface area contributed by atoms with E-state index in [2.05, 4.69) is 34.1 Å². The highest BCUT2D eigenvalue weighted by molar-refractivity contribution is 7.37. The molecule has 31 heavy (non-hydrogen) atoms. The molecular formula is C25H29N2O3S+. The maximum Gasteiger partial charge on any atom is 0.456 e. The molecule has 0 amide bonds. The monoisotopic (exact) mass is 437 g/mol. The number of piperidine rings is 1. The van der Waals surface area contributed by atoms with Gasteiger partial charge in [-0.1, -0.05) is 36.4 Å². The number of esters is 1. The quantitative estimate of drug-likeness (QED) is 0.476. The van der Waals surface area contributed by atoms with Crippen LogP contribution in [0.5, 0.6) is 0 Å².